The molecule has 2 aromatic heterocycles. The predicted molar refractivity (Wildman–Crippen MR) is 94.3 cm³/mol. The molecule has 2 aliphatic rings. The number of carbonyl (C=O) groups is 1. The molecule has 0 aliphatic carbocycles. The van der Waals surface area contributed by atoms with Gasteiger partial charge in [0.05, 0.1) is 18.6 Å². The van der Waals surface area contributed by atoms with Gasteiger partial charge in [-0.2, -0.15) is 0 Å². The van der Waals surface area contributed by atoms with E-state index in [-0.39, 0.29) is 6.61 Å². The number of phosphoric ester groups is 1. The lowest BCUT2D eigenvalue weighted by atomic mass is 9.96. The minimum Gasteiger partial charge on any atom is -0.452 e. The maximum atomic E-state index is 12.5. The first-order valence-corrected chi connectivity index (χ1v) is 10.1. The van der Waals surface area contributed by atoms with Gasteiger partial charge >= 0.3 is 13.8 Å². The summed E-state index contributed by atoms with van der Waals surface area (Å²) in [5.74, 6) is 0.0327. The molecule has 4 rings (SSSR count). The number of esters is 1. The summed E-state index contributed by atoms with van der Waals surface area (Å²) in [7, 11) is -2.55. The fourth-order valence-electron chi connectivity index (χ4n) is 3.74. The third kappa shape index (κ3) is 2.94. The Labute approximate surface area is 160 Å². The van der Waals surface area contributed by atoms with Crippen molar-refractivity contribution >= 4 is 25.0 Å². The quantitative estimate of drug-likeness (QED) is 0.545. The van der Waals surface area contributed by atoms with Gasteiger partial charge in [0.2, 0.25) is 0 Å². The van der Waals surface area contributed by atoms with E-state index < -0.39 is 37.8 Å². The standard InChI is InChI=1S/C16H21N4O7P/c1-8-12-14(19-9(2)18-8)20(7-17-12)15-16(4,26-10(3)21)13-11(25-15)6-24-28(22,23-5)27-13/h7,11,13,15H,6H2,1-5H3/t11-,13-,15-,16-,28?/m1/s1. The molecule has 0 N–H and O–H groups in total. The predicted octanol–water partition coefficient (Wildman–Crippen LogP) is 1.83. The first-order valence-electron chi connectivity index (χ1n) is 8.68. The summed E-state index contributed by atoms with van der Waals surface area (Å²) in [4.78, 5) is 25.0. The minimum atomic E-state index is -3.78. The van der Waals surface area contributed by atoms with Crippen molar-refractivity contribution in [2.45, 2.75) is 51.7 Å². The molecule has 1 unspecified atom stereocenters. The Morgan fingerprint density at radius 3 is 2.82 bits per heavy atom. The maximum Gasteiger partial charge on any atom is 0.475 e. The van der Waals surface area contributed by atoms with Crippen molar-refractivity contribution in [1.29, 1.82) is 0 Å². The van der Waals surface area contributed by atoms with Crippen LogP contribution in [0.2, 0.25) is 0 Å². The molecule has 0 saturated carbocycles. The third-order valence-corrected chi connectivity index (χ3v) is 6.28. The van der Waals surface area contributed by atoms with E-state index in [2.05, 4.69) is 15.0 Å². The van der Waals surface area contributed by atoms with Crippen molar-refractivity contribution < 1.29 is 32.4 Å². The number of nitrogens with zero attached hydrogens (tertiary/aromatic N) is 4. The highest BCUT2D eigenvalue weighted by Crippen LogP contribution is 2.59. The second-order valence-electron chi connectivity index (χ2n) is 6.94. The summed E-state index contributed by atoms with van der Waals surface area (Å²) in [5.41, 5.74) is 0.528. The summed E-state index contributed by atoms with van der Waals surface area (Å²) in [6, 6.07) is 0. The van der Waals surface area contributed by atoms with Crippen molar-refractivity contribution in [3.63, 3.8) is 0 Å². The summed E-state index contributed by atoms with van der Waals surface area (Å²) < 4.78 is 41.6. The molecule has 5 atom stereocenters. The second kappa shape index (κ2) is 6.57. The van der Waals surface area contributed by atoms with Crippen LogP contribution in [0.5, 0.6) is 0 Å². The summed E-state index contributed by atoms with van der Waals surface area (Å²) in [6.07, 6.45) is -0.792. The Bertz CT molecular complexity index is 995. The molecule has 2 aliphatic heterocycles. The Morgan fingerprint density at radius 1 is 1.39 bits per heavy atom. The highest BCUT2D eigenvalue weighted by Gasteiger charge is 2.63. The van der Waals surface area contributed by atoms with Gasteiger partial charge < -0.3 is 9.47 Å². The van der Waals surface area contributed by atoms with Gasteiger partial charge in [-0.05, 0) is 20.8 Å². The van der Waals surface area contributed by atoms with Crippen LogP contribution in [0.1, 0.15) is 31.6 Å². The SMILES string of the molecule is COP1(=O)OC[C@H]2O[C@@H](n3cnc4c(C)nc(C)nc43)[C@](C)(OC(C)=O)[C@@H]2O1. The van der Waals surface area contributed by atoms with Crippen LogP contribution in [0.3, 0.4) is 0 Å². The van der Waals surface area contributed by atoms with Gasteiger partial charge in [-0.15, -0.1) is 0 Å². The van der Waals surface area contributed by atoms with Gasteiger partial charge in [0.15, 0.2) is 17.5 Å². The zero-order valence-electron chi connectivity index (χ0n) is 16.1. The molecule has 2 fully saturated rings. The molecule has 0 spiro atoms. The Morgan fingerprint density at radius 2 is 2.14 bits per heavy atom. The molecule has 4 heterocycles. The molecule has 28 heavy (non-hydrogen) atoms. The van der Waals surface area contributed by atoms with Crippen molar-refractivity contribution in [2.75, 3.05) is 13.7 Å². The van der Waals surface area contributed by atoms with Gasteiger partial charge in [0.25, 0.3) is 0 Å². The van der Waals surface area contributed by atoms with E-state index in [1.807, 2.05) is 6.92 Å². The number of carbonyl (C=O) groups excluding carboxylic acids is 1. The lowest BCUT2D eigenvalue weighted by Gasteiger charge is -2.37. The fourth-order valence-corrected chi connectivity index (χ4v) is 4.94. The highest BCUT2D eigenvalue weighted by atomic mass is 31.2. The smallest absolute Gasteiger partial charge is 0.452 e. The van der Waals surface area contributed by atoms with E-state index in [1.54, 1.807) is 24.7 Å². The minimum absolute atomic E-state index is 0.0389. The van der Waals surface area contributed by atoms with Crippen molar-refractivity contribution in [2.24, 2.45) is 0 Å². The number of aryl methyl sites for hydroxylation is 2. The van der Waals surface area contributed by atoms with Crippen LogP contribution in [0, 0.1) is 13.8 Å². The van der Waals surface area contributed by atoms with Gasteiger partial charge in [-0.3, -0.25) is 22.9 Å². The van der Waals surface area contributed by atoms with Crippen LogP contribution < -0.4 is 0 Å². The summed E-state index contributed by atoms with van der Waals surface area (Å²) in [5, 5.41) is 0. The van der Waals surface area contributed by atoms with E-state index in [4.69, 9.17) is 23.0 Å². The molecule has 2 aromatic rings. The number of rotatable bonds is 3. The molecular formula is C16H21N4O7P. The monoisotopic (exact) mass is 412 g/mol. The number of hydrogen-bond donors (Lipinski definition) is 0. The van der Waals surface area contributed by atoms with Gasteiger partial charge in [0, 0.05) is 14.0 Å². The normalized spacial score (nSPS) is 35.1. The molecule has 12 heteroatoms. The average molecular weight is 412 g/mol. The second-order valence-corrected chi connectivity index (χ2v) is 8.66. The zero-order valence-corrected chi connectivity index (χ0v) is 17.0. The average Bonchev–Trinajstić information content (AvgIpc) is 3.14. The molecule has 0 bridgehead atoms. The van der Waals surface area contributed by atoms with Crippen LogP contribution in [-0.2, 0) is 32.4 Å². The highest BCUT2D eigenvalue weighted by molar-refractivity contribution is 7.48. The Hall–Kier alpha value is -1.91. The molecule has 11 nitrogen and oxygen atoms in total. The number of fused-ring (bicyclic) bond motifs is 2. The van der Waals surface area contributed by atoms with E-state index in [0.29, 0.717) is 22.7 Å². The summed E-state index contributed by atoms with van der Waals surface area (Å²) >= 11 is 0. The largest absolute Gasteiger partial charge is 0.475 e. The molecule has 0 aromatic carbocycles. The molecule has 152 valence electrons. The fraction of sp³-hybridized carbons (Fsp3) is 0.625. The first kappa shape index (κ1) is 19.4. The van der Waals surface area contributed by atoms with Crippen LogP contribution in [-0.4, -0.2) is 57.0 Å². The summed E-state index contributed by atoms with van der Waals surface area (Å²) in [6.45, 7) is 6.51. The number of ether oxygens (including phenoxy) is 2. The van der Waals surface area contributed by atoms with Gasteiger partial charge in [0.1, 0.15) is 23.5 Å². The van der Waals surface area contributed by atoms with Crippen LogP contribution in [0.4, 0.5) is 0 Å². The van der Waals surface area contributed by atoms with Crippen molar-refractivity contribution in [3.8, 4) is 0 Å². The zero-order chi connectivity index (χ0) is 20.3. The van der Waals surface area contributed by atoms with Gasteiger partial charge in [-0.1, -0.05) is 0 Å². The first-order chi connectivity index (χ1) is 13.2. The van der Waals surface area contributed by atoms with Crippen molar-refractivity contribution in [3.05, 3.63) is 17.8 Å². The molecule has 0 radical (unpaired) electrons. The van der Waals surface area contributed by atoms with Crippen molar-refractivity contribution in [1.82, 2.24) is 19.5 Å². The number of phosphoric acid groups is 1. The Kier molecular flexibility index (Phi) is 4.55. The number of imidazole rings is 1. The van der Waals surface area contributed by atoms with E-state index in [1.165, 1.54) is 14.0 Å². The van der Waals surface area contributed by atoms with E-state index >= 15 is 0 Å². The number of hydrogen-bond acceptors (Lipinski definition) is 10. The topological polar surface area (TPSA) is 124 Å². The van der Waals surface area contributed by atoms with Crippen LogP contribution in [0.25, 0.3) is 11.2 Å². The maximum absolute atomic E-state index is 12.5. The molecule has 2 saturated heterocycles. The van der Waals surface area contributed by atoms with Crippen LogP contribution >= 0.6 is 7.82 Å². The van der Waals surface area contributed by atoms with E-state index in [0.717, 1.165) is 0 Å². The lowest BCUT2D eigenvalue weighted by Crippen LogP contribution is -2.50. The Balaban J connectivity index is 1.83. The molecule has 0 amide bonds. The third-order valence-electron chi connectivity index (χ3n) is 4.88. The molecular weight excluding hydrogens is 391 g/mol. The number of aromatic nitrogens is 4. The van der Waals surface area contributed by atoms with Crippen LogP contribution in [0.15, 0.2) is 6.33 Å². The lowest BCUT2D eigenvalue weighted by molar-refractivity contribution is -0.175. The van der Waals surface area contributed by atoms with Gasteiger partial charge in [-0.25, -0.2) is 19.5 Å². The van der Waals surface area contributed by atoms with E-state index in [9.17, 15) is 9.36 Å².